The van der Waals surface area contributed by atoms with Crippen LogP contribution in [0.2, 0.25) is 0 Å². The largest absolute Gasteiger partial charge is 0.494 e. The minimum absolute atomic E-state index is 0.0675. The highest BCUT2D eigenvalue weighted by molar-refractivity contribution is 5.94. The maximum absolute atomic E-state index is 12.4. The molecule has 0 aliphatic rings. The van der Waals surface area contributed by atoms with E-state index in [0.717, 1.165) is 23.2 Å². The number of likely N-dealkylation sites (N-methyl/N-ethyl adjacent to an activating group) is 2. The third-order valence-electron chi connectivity index (χ3n) is 6.48. The highest BCUT2D eigenvalue weighted by atomic mass is 16.6. The van der Waals surface area contributed by atoms with Gasteiger partial charge in [-0.05, 0) is 50.7 Å². The van der Waals surface area contributed by atoms with E-state index in [0.29, 0.717) is 41.3 Å². The molecule has 0 radical (unpaired) electrons. The average Bonchev–Trinajstić information content (AvgIpc) is 2.95. The number of allylic oxidation sites excluding steroid dienone is 1. The number of ether oxygens (including phenoxy) is 2. The van der Waals surface area contributed by atoms with Crippen LogP contribution in [0.25, 0.3) is 5.57 Å². The summed E-state index contributed by atoms with van der Waals surface area (Å²) in [6.45, 7) is 5.20. The number of carbonyl (C=O) groups excluding carboxylic acids is 1. The van der Waals surface area contributed by atoms with Gasteiger partial charge in [-0.1, -0.05) is 25.1 Å². The van der Waals surface area contributed by atoms with Gasteiger partial charge in [0.05, 0.1) is 36.1 Å². The maximum atomic E-state index is 12.4. The summed E-state index contributed by atoms with van der Waals surface area (Å²) in [5.41, 5.74) is 4.37. The van der Waals surface area contributed by atoms with Crippen LogP contribution < -0.4 is 15.0 Å². The van der Waals surface area contributed by atoms with Crippen molar-refractivity contribution in [1.29, 1.82) is 0 Å². The molecular weight excluding hydrogens is 512 g/mol. The van der Waals surface area contributed by atoms with Crippen LogP contribution in [0.4, 0.5) is 23.0 Å². The standard InChI is InChI=1S/C29H36N6O5/c1-8-19-21(11-10-12-22(19)28(36)40-7)20(9-2)23-13-14-30-29(31-23)32-24-17-26(35(37)38)25(18-27(24)39-6)34(5)16-15-33(3)4/h9-14,17-18H,8,15-16H2,1-7H3,(H,30,31,32)/b20-9+. The normalized spacial score (nSPS) is 11.3. The van der Waals surface area contributed by atoms with Gasteiger partial charge in [0.15, 0.2) is 0 Å². The Morgan fingerprint density at radius 1 is 1.12 bits per heavy atom. The Morgan fingerprint density at radius 3 is 2.45 bits per heavy atom. The fourth-order valence-electron chi connectivity index (χ4n) is 4.40. The molecule has 0 saturated heterocycles. The van der Waals surface area contributed by atoms with Crippen molar-refractivity contribution in [2.45, 2.75) is 20.3 Å². The molecule has 0 saturated carbocycles. The summed E-state index contributed by atoms with van der Waals surface area (Å²) in [5.74, 6) is 0.251. The smallest absolute Gasteiger partial charge is 0.338 e. The van der Waals surface area contributed by atoms with Crippen molar-refractivity contribution in [2.24, 2.45) is 0 Å². The first-order chi connectivity index (χ1) is 19.1. The summed E-state index contributed by atoms with van der Waals surface area (Å²) in [6, 6.07) is 10.3. The Kier molecular flexibility index (Phi) is 10.2. The zero-order valence-corrected chi connectivity index (χ0v) is 24.0. The number of nitro groups is 1. The number of benzene rings is 2. The highest BCUT2D eigenvalue weighted by Crippen LogP contribution is 2.39. The molecule has 11 heteroatoms. The monoisotopic (exact) mass is 548 g/mol. The summed E-state index contributed by atoms with van der Waals surface area (Å²) < 4.78 is 10.6. The lowest BCUT2D eigenvalue weighted by Crippen LogP contribution is -2.28. The number of hydrogen-bond donors (Lipinski definition) is 1. The molecule has 3 rings (SSSR count). The van der Waals surface area contributed by atoms with Gasteiger partial charge < -0.3 is 24.6 Å². The minimum atomic E-state index is -0.415. The van der Waals surface area contributed by atoms with Crippen molar-refractivity contribution in [3.8, 4) is 5.75 Å². The van der Waals surface area contributed by atoms with E-state index in [-0.39, 0.29) is 11.6 Å². The molecule has 0 aliphatic carbocycles. The summed E-state index contributed by atoms with van der Waals surface area (Å²) in [4.78, 5) is 36.8. The van der Waals surface area contributed by atoms with Crippen LogP contribution in [-0.4, -0.2) is 74.2 Å². The number of nitro benzene ring substituents is 1. The van der Waals surface area contributed by atoms with Crippen LogP contribution in [0.3, 0.4) is 0 Å². The zero-order chi connectivity index (χ0) is 29.4. The lowest BCUT2D eigenvalue weighted by molar-refractivity contribution is -0.384. The van der Waals surface area contributed by atoms with Gasteiger partial charge in [0.1, 0.15) is 11.4 Å². The number of nitrogens with one attached hydrogen (secondary N) is 1. The summed E-state index contributed by atoms with van der Waals surface area (Å²) in [5, 5.41) is 15.1. The van der Waals surface area contributed by atoms with E-state index in [1.165, 1.54) is 20.3 Å². The number of esters is 1. The lowest BCUT2D eigenvalue weighted by atomic mass is 9.92. The first-order valence-electron chi connectivity index (χ1n) is 12.8. The molecule has 40 heavy (non-hydrogen) atoms. The third-order valence-corrected chi connectivity index (χ3v) is 6.48. The van der Waals surface area contributed by atoms with Crippen molar-refractivity contribution in [2.75, 3.05) is 58.7 Å². The molecule has 1 aromatic heterocycles. The van der Waals surface area contributed by atoms with Crippen LogP contribution in [0.5, 0.6) is 5.75 Å². The number of anilines is 3. The average molecular weight is 549 g/mol. The Labute approximate surface area is 234 Å². The van der Waals surface area contributed by atoms with Gasteiger partial charge in [0.25, 0.3) is 5.69 Å². The number of aromatic nitrogens is 2. The van der Waals surface area contributed by atoms with Gasteiger partial charge in [-0.25, -0.2) is 14.8 Å². The van der Waals surface area contributed by atoms with Crippen LogP contribution >= 0.6 is 0 Å². The second kappa shape index (κ2) is 13.5. The molecule has 2 aromatic carbocycles. The topological polar surface area (TPSA) is 123 Å². The van der Waals surface area contributed by atoms with Gasteiger partial charge >= 0.3 is 5.97 Å². The second-order valence-corrected chi connectivity index (χ2v) is 9.29. The van der Waals surface area contributed by atoms with Gasteiger partial charge in [0.2, 0.25) is 5.95 Å². The highest BCUT2D eigenvalue weighted by Gasteiger charge is 2.23. The first-order valence-corrected chi connectivity index (χ1v) is 12.8. The van der Waals surface area contributed by atoms with Gasteiger partial charge in [0, 0.05) is 44.0 Å². The van der Waals surface area contributed by atoms with E-state index in [4.69, 9.17) is 14.5 Å². The van der Waals surface area contributed by atoms with E-state index in [1.807, 2.05) is 63.0 Å². The van der Waals surface area contributed by atoms with Crippen molar-refractivity contribution < 1.29 is 19.2 Å². The molecule has 0 aliphatic heterocycles. The molecule has 0 amide bonds. The SMILES string of the molecule is C/C=C(/c1ccnc(Nc2cc([N+](=O)[O-])c(N(C)CCN(C)C)cc2OC)n1)c1cccc(C(=O)OC)c1CC. The molecule has 0 spiro atoms. The lowest BCUT2D eigenvalue weighted by Gasteiger charge is -2.22. The molecule has 1 N–H and O–H groups in total. The quantitative estimate of drug-likeness (QED) is 0.189. The number of carbonyl (C=O) groups is 1. The minimum Gasteiger partial charge on any atom is -0.494 e. The molecule has 3 aromatic rings. The van der Waals surface area contributed by atoms with Crippen LogP contribution in [0.1, 0.15) is 41.0 Å². The summed E-state index contributed by atoms with van der Waals surface area (Å²) in [7, 11) is 8.57. The summed E-state index contributed by atoms with van der Waals surface area (Å²) >= 11 is 0. The van der Waals surface area contributed by atoms with Gasteiger partial charge in [-0.3, -0.25) is 10.1 Å². The van der Waals surface area contributed by atoms with Gasteiger partial charge in [-0.2, -0.15) is 0 Å². The second-order valence-electron chi connectivity index (χ2n) is 9.29. The van der Waals surface area contributed by atoms with Crippen LogP contribution in [-0.2, 0) is 11.2 Å². The van der Waals surface area contributed by atoms with E-state index in [9.17, 15) is 14.9 Å². The van der Waals surface area contributed by atoms with Crippen LogP contribution in [0.15, 0.2) is 48.7 Å². The number of methoxy groups -OCH3 is 2. The molecule has 0 unspecified atom stereocenters. The predicted molar refractivity (Wildman–Crippen MR) is 157 cm³/mol. The van der Waals surface area contributed by atoms with Crippen molar-refractivity contribution in [3.63, 3.8) is 0 Å². The van der Waals surface area contributed by atoms with E-state index in [1.54, 1.807) is 24.4 Å². The Morgan fingerprint density at radius 2 is 1.85 bits per heavy atom. The van der Waals surface area contributed by atoms with E-state index in [2.05, 4.69) is 10.3 Å². The molecule has 0 bridgehead atoms. The van der Waals surface area contributed by atoms with Crippen LogP contribution in [0, 0.1) is 10.1 Å². The van der Waals surface area contributed by atoms with Crippen molar-refractivity contribution >= 4 is 34.6 Å². The molecule has 1 heterocycles. The summed E-state index contributed by atoms with van der Waals surface area (Å²) in [6.07, 6.45) is 4.14. The molecular formula is C29H36N6O5. The predicted octanol–water partition coefficient (Wildman–Crippen LogP) is 4.94. The third kappa shape index (κ3) is 6.73. The fourth-order valence-corrected chi connectivity index (χ4v) is 4.40. The number of nitrogens with zero attached hydrogens (tertiary/aromatic N) is 5. The Balaban J connectivity index is 2.02. The Bertz CT molecular complexity index is 1410. The molecule has 0 fully saturated rings. The fraction of sp³-hybridized carbons (Fsp3) is 0.345. The molecule has 11 nitrogen and oxygen atoms in total. The zero-order valence-electron chi connectivity index (χ0n) is 24.0. The van der Waals surface area contributed by atoms with Crippen molar-refractivity contribution in [3.05, 3.63) is 81.2 Å². The Hall–Kier alpha value is -4.51. The molecule has 0 atom stereocenters. The van der Waals surface area contributed by atoms with Gasteiger partial charge in [-0.15, -0.1) is 0 Å². The maximum Gasteiger partial charge on any atom is 0.338 e. The van der Waals surface area contributed by atoms with Crippen molar-refractivity contribution in [1.82, 2.24) is 14.9 Å². The van der Waals surface area contributed by atoms with E-state index < -0.39 is 10.9 Å². The first kappa shape index (κ1) is 30.0. The van der Waals surface area contributed by atoms with E-state index >= 15 is 0 Å². The number of hydrogen-bond acceptors (Lipinski definition) is 10. The number of rotatable bonds is 12. The molecule has 212 valence electrons.